The molecular formula is C13H24N4O. The van der Waals surface area contributed by atoms with Crippen LogP contribution < -0.4 is 10.6 Å². The molecule has 0 saturated heterocycles. The SMILES string of the molecule is COC(C)CNc1cncc(CNC(C)(C)C)n1. The largest absolute Gasteiger partial charge is 0.380 e. The molecule has 1 aromatic rings. The van der Waals surface area contributed by atoms with Crippen LogP contribution in [0, 0.1) is 0 Å². The van der Waals surface area contributed by atoms with E-state index >= 15 is 0 Å². The zero-order valence-corrected chi connectivity index (χ0v) is 11.9. The maximum atomic E-state index is 5.17. The van der Waals surface area contributed by atoms with E-state index < -0.39 is 0 Å². The van der Waals surface area contributed by atoms with E-state index in [1.165, 1.54) is 0 Å². The first-order chi connectivity index (χ1) is 8.40. The van der Waals surface area contributed by atoms with Crippen LogP contribution in [0.5, 0.6) is 0 Å². The van der Waals surface area contributed by atoms with Gasteiger partial charge in [0.15, 0.2) is 0 Å². The van der Waals surface area contributed by atoms with E-state index in [0.29, 0.717) is 6.54 Å². The van der Waals surface area contributed by atoms with Crippen LogP contribution in [0.15, 0.2) is 12.4 Å². The summed E-state index contributed by atoms with van der Waals surface area (Å²) in [6.07, 6.45) is 3.66. The van der Waals surface area contributed by atoms with Crippen LogP contribution in [-0.2, 0) is 11.3 Å². The molecule has 102 valence electrons. The minimum atomic E-state index is 0.0790. The summed E-state index contributed by atoms with van der Waals surface area (Å²) in [5.74, 6) is 0.784. The van der Waals surface area contributed by atoms with Crippen molar-refractivity contribution >= 4 is 5.82 Å². The van der Waals surface area contributed by atoms with Crippen LogP contribution in [0.3, 0.4) is 0 Å². The summed E-state index contributed by atoms with van der Waals surface area (Å²) >= 11 is 0. The first-order valence-electron chi connectivity index (χ1n) is 6.23. The van der Waals surface area contributed by atoms with Gasteiger partial charge in [0.1, 0.15) is 5.82 Å². The average molecular weight is 252 g/mol. The number of methoxy groups -OCH3 is 1. The van der Waals surface area contributed by atoms with Crippen molar-refractivity contribution in [2.45, 2.75) is 45.9 Å². The van der Waals surface area contributed by atoms with Gasteiger partial charge in [0.2, 0.25) is 0 Å². The molecule has 1 rings (SSSR count). The van der Waals surface area contributed by atoms with Crippen LogP contribution in [-0.4, -0.2) is 35.3 Å². The van der Waals surface area contributed by atoms with Gasteiger partial charge in [0, 0.05) is 31.9 Å². The summed E-state index contributed by atoms with van der Waals surface area (Å²) in [6, 6.07) is 0. The molecule has 0 saturated carbocycles. The maximum Gasteiger partial charge on any atom is 0.144 e. The van der Waals surface area contributed by atoms with Gasteiger partial charge in [-0.2, -0.15) is 0 Å². The minimum Gasteiger partial charge on any atom is -0.380 e. The normalized spacial score (nSPS) is 13.4. The molecule has 1 aromatic heterocycles. The van der Waals surface area contributed by atoms with Crippen LogP contribution in [0.1, 0.15) is 33.4 Å². The topological polar surface area (TPSA) is 59.1 Å². The molecule has 18 heavy (non-hydrogen) atoms. The zero-order chi connectivity index (χ0) is 13.6. The summed E-state index contributed by atoms with van der Waals surface area (Å²) in [5.41, 5.74) is 1.01. The van der Waals surface area contributed by atoms with Gasteiger partial charge in [-0.3, -0.25) is 4.98 Å². The Hall–Kier alpha value is -1.20. The molecule has 0 bridgehead atoms. The lowest BCUT2D eigenvalue weighted by atomic mass is 10.1. The fourth-order valence-electron chi connectivity index (χ4n) is 1.26. The Morgan fingerprint density at radius 3 is 2.67 bits per heavy atom. The lowest BCUT2D eigenvalue weighted by molar-refractivity contribution is 0.128. The van der Waals surface area contributed by atoms with Gasteiger partial charge in [-0.15, -0.1) is 0 Å². The fraction of sp³-hybridized carbons (Fsp3) is 0.692. The number of rotatable bonds is 6. The third kappa shape index (κ3) is 5.93. The highest BCUT2D eigenvalue weighted by atomic mass is 16.5. The average Bonchev–Trinajstić information content (AvgIpc) is 2.33. The van der Waals surface area contributed by atoms with Crippen LogP contribution in [0.4, 0.5) is 5.82 Å². The lowest BCUT2D eigenvalue weighted by Gasteiger charge is -2.20. The minimum absolute atomic E-state index is 0.0790. The van der Waals surface area contributed by atoms with Gasteiger partial charge in [-0.1, -0.05) is 0 Å². The fourth-order valence-corrected chi connectivity index (χ4v) is 1.26. The molecule has 2 N–H and O–H groups in total. The van der Waals surface area contributed by atoms with Gasteiger partial charge in [0.05, 0.1) is 18.0 Å². The zero-order valence-electron chi connectivity index (χ0n) is 11.9. The summed E-state index contributed by atoms with van der Waals surface area (Å²) in [4.78, 5) is 8.67. The summed E-state index contributed by atoms with van der Waals surface area (Å²) in [5, 5.41) is 6.59. The molecule has 0 aliphatic rings. The van der Waals surface area contributed by atoms with E-state index in [0.717, 1.165) is 18.1 Å². The van der Waals surface area contributed by atoms with Crippen molar-refractivity contribution in [3.05, 3.63) is 18.1 Å². The van der Waals surface area contributed by atoms with Gasteiger partial charge in [-0.25, -0.2) is 4.98 Å². The predicted octanol–water partition coefficient (Wildman–Crippen LogP) is 1.81. The molecule has 0 aliphatic heterocycles. The first-order valence-corrected chi connectivity index (χ1v) is 6.23. The van der Waals surface area contributed by atoms with E-state index in [4.69, 9.17) is 4.74 Å². The third-order valence-corrected chi connectivity index (χ3v) is 2.46. The Labute approximate surface area is 109 Å². The third-order valence-electron chi connectivity index (χ3n) is 2.46. The van der Waals surface area contributed by atoms with Gasteiger partial charge >= 0.3 is 0 Å². The van der Waals surface area contributed by atoms with E-state index in [9.17, 15) is 0 Å². The number of nitrogens with one attached hydrogen (secondary N) is 2. The monoisotopic (exact) mass is 252 g/mol. The second-order valence-corrected chi connectivity index (χ2v) is 5.43. The number of hydrogen-bond donors (Lipinski definition) is 2. The maximum absolute atomic E-state index is 5.17. The van der Waals surface area contributed by atoms with Gasteiger partial charge in [-0.05, 0) is 27.7 Å². The molecule has 5 nitrogen and oxygen atoms in total. The standard InChI is InChI=1S/C13H24N4O/c1-10(18-5)6-15-12-9-14-7-11(17-12)8-16-13(2,3)4/h7,9-10,16H,6,8H2,1-5H3,(H,15,17). The second-order valence-electron chi connectivity index (χ2n) is 5.43. The molecule has 1 unspecified atom stereocenters. The van der Waals surface area contributed by atoms with Gasteiger partial charge < -0.3 is 15.4 Å². The molecule has 5 heteroatoms. The smallest absolute Gasteiger partial charge is 0.144 e. The molecule has 1 heterocycles. The summed E-state index contributed by atoms with van der Waals surface area (Å²) in [6.45, 7) is 9.83. The Bertz CT molecular complexity index is 362. The van der Waals surface area contributed by atoms with E-state index in [1.54, 1.807) is 19.5 Å². The lowest BCUT2D eigenvalue weighted by Crippen LogP contribution is -2.35. The predicted molar refractivity (Wildman–Crippen MR) is 73.6 cm³/mol. The molecule has 0 radical (unpaired) electrons. The molecule has 1 atom stereocenters. The van der Waals surface area contributed by atoms with Crippen molar-refractivity contribution < 1.29 is 4.74 Å². The highest BCUT2D eigenvalue weighted by Gasteiger charge is 2.09. The second kappa shape index (κ2) is 6.66. The number of ether oxygens (including phenoxy) is 1. The van der Waals surface area contributed by atoms with Crippen molar-refractivity contribution in [2.75, 3.05) is 19.0 Å². The number of aromatic nitrogens is 2. The van der Waals surface area contributed by atoms with Crippen molar-refractivity contribution in [1.82, 2.24) is 15.3 Å². The van der Waals surface area contributed by atoms with Crippen molar-refractivity contribution in [1.29, 1.82) is 0 Å². The molecule has 0 spiro atoms. The Balaban J connectivity index is 2.51. The molecule has 0 aromatic carbocycles. The van der Waals surface area contributed by atoms with Crippen LogP contribution in [0.25, 0.3) is 0 Å². The highest BCUT2D eigenvalue weighted by molar-refractivity contribution is 5.31. The first kappa shape index (κ1) is 14.9. The Morgan fingerprint density at radius 2 is 2.06 bits per heavy atom. The van der Waals surface area contributed by atoms with Crippen molar-refractivity contribution in [2.24, 2.45) is 0 Å². The molecule has 0 aliphatic carbocycles. The number of anilines is 1. The van der Waals surface area contributed by atoms with Crippen molar-refractivity contribution in [3.8, 4) is 0 Å². The highest BCUT2D eigenvalue weighted by Crippen LogP contribution is 2.05. The number of nitrogens with zero attached hydrogens (tertiary/aromatic N) is 2. The molecular weight excluding hydrogens is 228 g/mol. The van der Waals surface area contributed by atoms with E-state index in [-0.39, 0.29) is 11.6 Å². The number of hydrogen-bond acceptors (Lipinski definition) is 5. The molecule has 0 fully saturated rings. The van der Waals surface area contributed by atoms with E-state index in [1.807, 2.05) is 6.92 Å². The van der Waals surface area contributed by atoms with E-state index in [2.05, 4.69) is 41.4 Å². The molecule has 0 amide bonds. The van der Waals surface area contributed by atoms with Gasteiger partial charge in [0.25, 0.3) is 0 Å². The Morgan fingerprint density at radius 1 is 1.33 bits per heavy atom. The van der Waals surface area contributed by atoms with Crippen LogP contribution >= 0.6 is 0 Å². The quantitative estimate of drug-likeness (QED) is 0.808. The Kier molecular flexibility index (Phi) is 5.50. The summed E-state index contributed by atoms with van der Waals surface area (Å²) in [7, 11) is 1.70. The summed E-state index contributed by atoms with van der Waals surface area (Å²) < 4.78 is 5.17. The van der Waals surface area contributed by atoms with Crippen LogP contribution in [0.2, 0.25) is 0 Å². The van der Waals surface area contributed by atoms with Crippen molar-refractivity contribution in [3.63, 3.8) is 0 Å².